The molecule has 0 aliphatic rings. The fourth-order valence-electron chi connectivity index (χ4n) is 3.34. The standard InChI is InChI=1S/C23H28N4OS/c1-16-10-12-18(13-11-16)21-25-26-22(29)27(21)15-14-19(28)24-20(23(2,3)4)17-8-6-5-7-9-17/h5-13,20H,14-15H2,1-4H3,(H,24,28)(H,26,29). The van der Waals surface area contributed by atoms with Crippen molar-refractivity contribution in [1.82, 2.24) is 20.1 Å². The highest BCUT2D eigenvalue weighted by Crippen LogP contribution is 2.32. The molecule has 0 fully saturated rings. The summed E-state index contributed by atoms with van der Waals surface area (Å²) in [5.41, 5.74) is 3.16. The topological polar surface area (TPSA) is 62.7 Å². The summed E-state index contributed by atoms with van der Waals surface area (Å²) in [5.74, 6) is 0.741. The maximum Gasteiger partial charge on any atom is 0.222 e. The van der Waals surface area contributed by atoms with E-state index >= 15 is 0 Å². The van der Waals surface area contributed by atoms with Crippen LogP contribution in [0.4, 0.5) is 0 Å². The highest BCUT2D eigenvalue weighted by Gasteiger charge is 2.27. The van der Waals surface area contributed by atoms with E-state index in [9.17, 15) is 4.79 Å². The summed E-state index contributed by atoms with van der Waals surface area (Å²) in [6, 6.07) is 18.1. The number of nitrogens with one attached hydrogen (secondary N) is 2. The van der Waals surface area contributed by atoms with Crippen molar-refractivity contribution in [3.63, 3.8) is 0 Å². The molecule has 0 saturated heterocycles. The van der Waals surface area contributed by atoms with E-state index in [0.717, 1.165) is 17.0 Å². The summed E-state index contributed by atoms with van der Waals surface area (Å²) >= 11 is 5.39. The van der Waals surface area contributed by atoms with Gasteiger partial charge in [0, 0.05) is 18.5 Å². The minimum atomic E-state index is -0.101. The molecule has 3 aromatic rings. The lowest BCUT2D eigenvalue weighted by atomic mass is 9.82. The molecule has 1 aromatic heterocycles. The monoisotopic (exact) mass is 408 g/mol. The maximum atomic E-state index is 12.8. The quantitative estimate of drug-likeness (QED) is 0.550. The SMILES string of the molecule is Cc1ccc(-c2n[nH]c(=S)n2CCC(=O)NC(c2ccccc2)C(C)(C)C)cc1. The van der Waals surface area contributed by atoms with Crippen LogP contribution in [0.2, 0.25) is 0 Å². The summed E-state index contributed by atoms with van der Waals surface area (Å²) in [6.45, 7) is 8.91. The zero-order chi connectivity index (χ0) is 21.0. The van der Waals surface area contributed by atoms with Crippen molar-refractivity contribution in [2.45, 2.75) is 46.7 Å². The van der Waals surface area contributed by atoms with Gasteiger partial charge in [0.15, 0.2) is 10.6 Å². The zero-order valence-corrected chi connectivity index (χ0v) is 18.2. The largest absolute Gasteiger partial charge is 0.349 e. The first-order valence-electron chi connectivity index (χ1n) is 9.82. The third-order valence-electron chi connectivity index (χ3n) is 4.93. The molecule has 1 unspecified atom stereocenters. The van der Waals surface area contributed by atoms with E-state index in [1.165, 1.54) is 5.56 Å². The number of amides is 1. The number of hydrogen-bond acceptors (Lipinski definition) is 3. The lowest BCUT2D eigenvalue weighted by Gasteiger charge is -2.32. The summed E-state index contributed by atoms with van der Waals surface area (Å²) < 4.78 is 2.40. The first-order chi connectivity index (χ1) is 13.8. The molecule has 5 nitrogen and oxygen atoms in total. The molecule has 2 N–H and O–H groups in total. The van der Waals surface area contributed by atoms with Crippen molar-refractivity contribution in [2.24, 2.45) is 5.41 Å². The Bertz CT molecular complexity index is 1010. The van der Waals surface area contributed by atoms with Crippen LogP contribution in [0.25, 0.3) is 11.4 Å². The molecule has 1 atom stereocenters. The summed E-state index contributed by atoms with van der Waals surface area (Å²) in [4.78, 5) is 12.8. The molecule has 0 aliphatic carbocycles. The van der Waals surface area contributed by atoms with Gasteiger partial charge in [-0.25, -0.2) is 0 Å². The van der Waals surface area contributed by atoms with Gasteiger partial charge in [-0.3, -0.25) is 14.5 Å². The van der Waals surface area contributed by atoms with Crippen LogP contribution in [0, 0.1) is 17.1 Å². The number of rotatable bonds is 6. The van der Waals surface area contributed by atoms with Gasteiger partial charge in [-0.05, 0) is 30.1 Å². The van der Waals surface area contributed by atoms with Crippen molar-refractivity contribution < 1.29 is 4.79 Å². The molecule has 152 valence electrons. The first-order valence-corrected chi connectivity index (χ1v) is 10.2. The van der Waals surface area contributed by atoms with Gasteiger partial charge < -0.3 is 5.32 Å². The molecule has 29 heavy (non-hydrogen) atoms. The predicted molar refractivity (Wildman–Crippen MR) is 119 cm³/mol. The smallest absolute Gasteiger partial charge is 0.222 e. The Morgan fingerprint density at radius 2 is 1.79 bits per heavy atom. The van der Waals surface area contributed by atoms with Crippen molar-refractivity contribution in [1.29, 1.82) is 0 Å². The molecular formula is C23H28N4OS. The average Bonchev–Trinajstić information content (AvgIpc) is 3.05. The van der Waals surface area contributed by atoms with E-state index in [4.69, 9.17) is 12.2 Å². The lowest BCUT2D eigenvalue weighted by Crippen LogP contribution is -2.37. The predicted octanol–water partition coefficient (Wildman–Crippen LogP) is 5.21. The van der Waals surface area contributed by atoms with E-state index in [-0.39, 0.29) is 17.4 Å². The summed E-state index contributed by atoms with van der Waals surface area (Å²) in [5, 5.41) is 10.4. The van der Waals surface area contributed by atoms with E-state index in [0.29, 0.717) is 17.7 Å². The molecule has 6 heteroatoms. The van der Waals surface area contributed by atoms with Crippen LogP contribution in [-0.4, -0.2) is 20.7 Å². The summed E-state index contributed by atoms with van der Waals surface area (Å²) in [6.07, 6.45) is 0.326. The van der Waals surface area contributed by atoms with Gasteiger partial charge in [-0.1, -0.05) is 80.9 Å². The van der Waals surface area contributed by atoms with Crippen molar-refractivity contribution in [3.05, 3.63) is 70.5 Å². The van der Waals surface area contributed by atoms with E-state index < -0.39 is 0 Å². The van der Waals surface area contributed by atoms with Gasteiger partial charge in [-0.2, -0.15) is 5.10 Å². The minimum Gasteiger partial charge on any atom is -0.349 e. The first kappa shape index (κ1) is 21.0. The van der Waals surface area contributed by atoms with Gasteiger partial charge in [0.2, 0.25) is 5.91 Å². The lowest BCUT2D eigenvalue weighted by molar-refractivity contribution is -0.122. The summed E-state index contributed by atoms with van der Waals surface area (Å²) in [7, 11) is 0. The van der Waals surface area contributed by atoms with E-state index in [2.05, 4.69) is 48.4 Å². The fraction of sp³-hybridized carbons (Fsp3) is 0.348. The van der Waals surface area contributed by atoms with Gasteiger partial charge in [0.05, 0.1) is 6.04 Å². The van der Waals surface area contributed by atoms with Crippen LogP contribution < -0.4 is 5.32 Å². The molecule has 2 aromatic carbocycles. The third-order valence-corrected chi connectivity index (χ3v) is 5.25. The third kappa shape index (κ3) is 5.21. The Morgan fingerprint density at radius 1 is 1.14 bits per heavy atom. The number of aromatic amines is 1. The van der Waals surface area contributed by atoms with Gasteiger partial charge in [-0.15, -0.1) is 0 Å². The molecule has 1 heterocycles. The van der Waals surface area contributed by atoms with Gasteiger partial charge in [0.25, 0.3) is 0 Å². The molecule has 3 rings (SSSR count). The number of aryl methyl sites for hydroxylation is 1. The normalized spacial score (nSPS) is 12.6. The number of hydrogen-bond donors (Lipinski definition) is 2. The molecule has 0 radical (unpaired) electrons. The van der Waals surface area contributed by atoms with Crippen LogP contribution in [-0.2, 0) is 11.3 Å². The zero-order valence-electron chi connectivity index (χ0n) is 17.4. The Morgan fingerprint density at radius 3 is 2.41 bits per heavy atom. The molecule has 0 saturated carbocycles. The number of carbonyl (C=O) groups excluding carboxylic acids is 1. The van der Waals surface area contributed by atoms with Gasteiger partial charge >= 0.3 is 0 Å². The van der Waals surface area contributed by atoms with Crippen LogP contribution in [0.5, 0.6) is 0 Å². The van der Waals surface area contributed by atoms with E-state index in [1.54, 1.807) is 0 Å². The maximum absolute atomic E-state index is 12.8. The van der Waals surface area contributed by atoms with Crippen LogP contribution >= 0.6 is 12.2 Å². The number of nitrogens with zero attached hydrogens (tertiary/aromatic N) is 2. The second-order valence-electron chi connectivity index (χ2n) is 8.40. The Hall–Kier alpha value is -2.73. The second-order valence-corrected chi connectivity index (χ2v) is 8.78. The second kappa shape index (κ2) is 8.74. The van der Waals surface area contributed by atoms with Crippen LogP contribution in [0.15, 0.2) is 54.6 Å². The Labute approximate surface area is 177 Å². The highest BCUT2D eigenvalue weighted by molar-refractivity contribution is 7.71. The van der Waals surface area contributed by atoms with Crippen molar-refractivity contribution >= 4 is 18.1 Å². The molecule has 1 amide bonds. The molecule has 0 bridgehead atoms. The number of aromatic nitrogens is 3. The number of carbonyl (C=O) groups is 1. The van der Waals surface area contributed by atoms with Crippen LogP contribution in [0.1, 0.15) is 44.4 Å². The molecule has 0 spiro atoms. The average molecular weight is 409 g/mol. The minimum absolute atomic E-state index is 0.00765. The van der Waals surface area contributed by atoms with Crippen LogP contribution in [0.3, 0.4) is 0 Å². The Kier molecular flexibility index (Phi) is 6.33. The highest BCUT2D eigenvalue weighted by atomic mass is 32.1. The van der Waals surface area contributed by atoms with Crippen molar-refractivity contribution in [3.8, 4) is 11.4 Å². The molecular weight excluding hydrogens is 380 g/mol. The van der Waals surface area contributed by atoms with Crippen molar-refractivity contribution in [2.75, 3.05) is 0 Å². The fourth-order valence-corrected chi connectivity index (χ4v) is 3.56. The Balaban J connectivity index is 1.73. The number of H-pyrrole nitrogens is 1. The molecule has 0 aliphatic heterocycles. The van der Waals surface area contributed by atoms with E-state index in [1.807, 2.05) is 54.0 Å². The van der Waals surface area contributed by atoms with Gasteiger partial charge in [0.1, 0.15) is 0 Å². The number of benzene rings is 2.